The minimum atomic E-state index is -3.40. The molecule has 0 heterocycles. The van der Waals surface area contributed by atoms with Crippen LogP contribution in [0, 0.1) is 12.8 Å². The van der Waals surface area contributed by atoms with Gasteiger partial charge in [0.15, 0.2) is 0 Å². The molecule has 112 valence electrons. The summed E-state index contributed by atoms with van der Waals surface area (Å²) >= 11 is 0. The van der Waals surface area contributed by atoms with E-state index >= 15 is 0 Å². The van der Waals surface area contributed by atoms with Gasteiger partial charge in [-0.1, -0.05) is 25.0 Å². The summed E-state index contributed by atoms with van der Waals surface area (Å²) in [5, 5.41) is 3.07. The minimum Gasteiger partial charge on any atom is -0.316 e. The Kier molecular flexibility index (Phi) is 5.18. The first-order valence-corrected chi connectivity index (χ1v) is 8.75. The van der Waals surface area contributed by atoms with Gasteiger partial charge in [0.25, 0.3) is 0 Å². The molecule has 0 aromatic heterocycles. The summed E-state index contributed by atoms with van der Waals surface area (Å²) in [5.74, 6) is 0.505. The molecule has 0 unspecified atom stereocenters. The molecule has 1 aliphatic rings. The van der Waals surface area contributed by atoms with Crippen molar-refractivity contribution < 1.29 is 8.42 Å². The first-order chi connectivity index (χ1) is 9.54. The molecule has 20 heavy (non-hydrogen) atoms. The van der Waals surface area contributed by atoms with Crippen LogP contribution in [0.15, 0.2) is 23.1 Å². The molecule has 1 aromatic rings. The molecule has 0 aliphatic heterocycles. The van der Waals surface area contributed by atoms with Crippen molar-refractivity contribution in [1.29, 1.82) is 0 Å². The van der Waals surface area contributed by atoms with Crippen molar-refractivity contribution in [1.82, 2.24) is 10.0 Å². The van der Waals surface area contributed by atoms with Crippen LogP contribution >= 0.6 is 0 Å². The first kappa shape index (κ1) is 15.5. The highest BCUT2D eigenvalue weighted by Crippen LogP contribution is 2.25. The molecule has 2 N–H and O–H groups in total. The Balaban J connectivity index is 2.13. The van der Waals surface area contributed by atoms with Gasteiger partial charge in [0.05, 0.1) is 4.90 Å². The fourth-order valence-corrected chi connectivity index (χ4v) is 4.26. The Bertz CT molecular complexity index is 549. The Morgan fingerprint density at radius 2 is 1.95 bits per heavy atom. The van der Waals surface area contributed by atoms with Gasteiger partial charge in [-0.25, -0.2) is 13.1 Å². The zero-order valence-corrected chi connectivity index (χ0v) is 13.1. The fourth-order valence-electron chi connectivity index (χ4n) is 2.85. The lowest BCUT2D eigenvalue weighted by atomic mass is 10.1. The molecule has 1 aliphatic carbocycles. The van der Waals surface area contributed by atoms with Crippen molar-refractivity contribution in [2.24, 2.45) is 5.92 Å². The van der Waals surface area contributed by atoms with Crippen molar-refractivity contribution in [2.45, 2.75) is 44.0 Å². The van der Waals surface area contributed by atoms with Crippen molar-refractivity contribution in [3.63, 3.8) is 0 Å². The van der Waals surface area contributed by atoms with E-state index in [4.69, 9.17) is 0 Å². The standard InChI is InChI=1S/C15H24N2O2S/c1-12-14(11-16-2)8-5-9-15(12)20(18,19)17-10-13-6-3-4-7-13/h5,8-9,13,16-17H,3-4,6-7,10-11H2,1-2H3. The molecule has 4 nitrogen and oxygen atoms in total. The van der Waals surface area contributed by atoms with E-state index in [1.807, 2.05) is 26.1 Å². The van der Waals surface area contributed by atoms with Gasteiger partial charge in [-0.15, -0.1) is 0 Å². The summed E-state index contributed by atoms with van der Waals surface area (Å²) in [5.41, 5.74) is 1.86. The SMILES string of the molecule is CNCc1cccc(S(=O)(=O)NCC2CCCC2)c1C. The Hall–Kier alpha value is -0.910. The average Bonchev–Trinajstić information content (AvgIpc) is 2.92. The average molecular weight is 296 g/mol. The molecule has 0 amide bonds. The van der Waals surface area contributed by atoms with Crippen LogP contribution in [-0.4, -0.2) is 22.0 Å². The number of benzene rings is 1. The van der Waals surface area contributed by atoms with Crippen LogP contribution in [0.5, 0.6) is 0 Å². The van der Waals surface area contributed by atoms with Gasteiger partial charge in [0.1, 0.15) is 0 Å². The van der Waals surface area contributed by atoms with Crippen molar-refractivity contribution in [3.8, 4) is 0 Å². The van der Waals surface area contributed by atoms with Crippen molar-refractivity contribution in [2.75, 3.05) is 13.6 Å². The zero-order valence-electron chi connectivity index (χ0n) is 12.3. The second kappa shape index (κ2) is 6.70. The molecule has 5 heteroatoms. The van der Waals surface area contributed by atoms with E-state index in [1.165, 1.54) is 12.8 Å². The molecule has 0 spiro atoms. The molecule has 1 fully saturated rings. The fraction of sp³-hybridized carbons (Fsp3) is 0.600. The van der Waals surface area contributed by atoms with Gasteiger partial charge < -0.3 is 5.32 Å². The topological polar surface area (TPSA) is 58.2 Å². The van der Waals surface area contributed by atoms with Crippen LogP contribution in [0.2, 0.25) is 0 Å². The van der Waals surface area contributed by atoms with E-state index in [2.05, 4.69) is 10.0 Å². The third kappa shape index (κ3) is 3.59. The summed E-state index contributed by atoms with van der Waals surface area (Å²) < 4.78 is 27.6. The number of hydrogen-bond donors (Lipinski definition) is 2. The summed E-state index contributed by atoms with van der Waals surface area (Å²) in [6.45, 7) is 3.12. The normalized spacial score (nSPS) is 16.7. The maximum Gasteiger partial charge on any atom is 0.240 e. The summed E-state index contributed by atoms with van der Waals surface area (Å²) in [6, 6.07) is 5.46. The Morgan fingerprint density at radius 3 is 2.60 bits per heavy atom. The highest BCUT2D eigenvalue weighted by molar-refractivity contribution is 7.89. The Morgan fingerprint density at radius 1 is 1.25 bits per heavy atom. The lowest BCUT2D eigenvalue weighted by Gasteiger charge is -2.14. The van der Waals surface area contributed by atoms with Crippen LogP contribution in [0.25, 0.3) is 0 Å². The smallest absolute Gasteiger partial charge is 0.240 e. The van der Waals surface area contributed by atoms with E-state index in [1.54, 1.807) is 6.07 Å². The van der Waals surface area contributed by atoms with Crippen LogP contribution < -0.4 is 10.0 Å². The third-order valence-corrected chi connectivity index (χ3v) is 5.66. The summed E-state index contributed by atoms with van der Waals surface area (Å²) in [6.07, 6.45) is 4.73. The molecular weight excluding hydrogens is 272 g/mol. The van der Waals surface area contributed by atoms with Crippen LogP contribution in [0.4, 0.5) is 0 Å². The third-order valence-electron chi connectivity index (χ3n) is 4.09. The van der Waals surface area contributed by atoms with Gasteiger partial charge in [-0.05, 0) is 49.9 Å². The molecule has 1 saturated carbocycles. The van der Waals surface area contributed by atoms with E-state index in [0.29, 0.717) is 23.9 Å². The van der Waals surface area contributed by atoms with Crippen LogP contribution in [0.3, 0.4) is 0 Å². The predicted molar refractivity (Wildman–Crippen MR) is 81.1 cm³/mol. The molecular formula is C15H24N2O2S. The lowest BCUT2D eigenvalue weighted by molar-refractivity contribution is 0.519. The minimum absolute atomic E-state index is 0.406. The molecule has 0 radical (unpaired) electrons. The zero-order chi connectivity index (χ0) is 14.6. The van der Waals surface area contributed by atoms with Crippen LogP contribution in [0.1, 0.15) is 36.8 Å². The van der Waals surface area contributed by atoms with Crippen LogP contribution in [-0.2, 0) is 16.6 Å². The Labute approximate surface area is 122 Å². The highest BCUT2D eigenvalue weighted by Gasteiger charge is 2.21. The van der Waals surface area contributed by atoms with Gasteiger partial charge in [-0.2, -0.15) is 0 Å². The number of sulfonamides is 1. The largest absolute Gasteiger partial charge is 0.316 e. The monoisotopic (exact) mass is 296 g/mol. The molecule has 0 atom stereocenters. The molecule has 0 saturated heterocycles. The summed E-state index contributed by atoms with van der Waals surface area (Å²) in [7, 11) is -1.54. The van der Waals surface area contributed by atoms with E-state index in [0.717, 1.165) is 24.0 Å². The second-order valence-corrected chi connectivity index (χ2v) is 7.31. The number of hydrogen-bond acceptors (Lipinski definition) is 3. The van der Waals surface area contributed by atoms with E-state index < -0.39 is 10.0 Å². The second-order valence-electron chi connectivity index (χ2n) is 5.57. The van der Waals surface area contributed by atoms with E-state index in [-0.39, 0.29) is 0 Å². The quantitative estimate of drug-likeness (QED) is 0.846. The van der Waals surface area contributed by atoms with Gasteiger partial charge in [0, 0.05) is 13.1 Å². The predicted octanol–water partition coefficient (Wildman–Crippen LogP) is 2.18. The first-order valence-electron chi connectivity index (χ1n) is 7.27. The summed E-state index contributed by atoms with van der Waals surface area (Å²) in [4.78, 5) is 0.406. The highest BCUT2D eigenvalue weighted by atomic mass is 32.2. The number of rotatable bonds is 6. The maximum atomic E-state index is 12.4. The van der Waals surface area contributed by atoms with Gasteiger partial charge >= 0.3 is 0 Å². The van der Waals surface area contributed by atoms with E-state index in [9.17, 15) is 8.42 Å². The van der Waals surface area contributed by atoms with Crippen molar-refractivity contribution >= 4 is 10.0 Å². The maximum absolute atomic E-state index is 12.4. The molecule has 0 bridgehead atoms. The van der Waals surface area contributed by atoms with Gasteiger partial charge in [0.2, 0.25) is 10.0 Å². The lowest BCUT2D eigenvalue weighted by Crippen LogP contribution is -2.29. The van der Waals surface area contributed by atoms with Gasteiger partial charge in [-0.3, -0.25) is 0 Å². The molecule has 1 aromatic carbocycles. The molecule has 2 rings (SSSR count). The van der Waals surface area contributed by atoms with Crippen molar-refractivity contribution in [3.05, 3.63) is 29.3 Å². The number of nitrogens with one attached hydrogen (secondary N) is 2.